The third kappa shape index (κ3) is 7.53. The molecule has 1 aliphatic carbocycles. The van der Waals surface area contributed by atoms with Crippen molar-refractivity contribution in [2.24, 2.45) is 4.99 Å². The Morgan fingerprint density at radius 1 is 1.26 bits per heavy atom. The van der Waals surface area contributed by atoms with Crippen molar-refractivity contribution in [2.75, 3.05) is 18.8 Å². The van der Waals surface area contributed by atoms with Gasteiger partial charge in [-0.15, -0.1) is 0 Å². The second-order valence-electron chi connectivity index (χ2n) is 6.98. The molecular formula is C21H35N3O2S. The molecule has 2 N–H and O–H groups in total. The molecular weight excluding hydrogens is 358 g/mol. The van der Waals surface area contributed by atoms with E-state index in [-0.39, 0.29) is 6.10 Å². The minimum Gasteiger partial charge on any atom is -0.489 e. The number of benzene rings is 1. The lowest BCUT2D eigenvalue weighted by atomic mass is 9.95. The van der Waals surface area contributed by atoms with E-state index in [4.69, 9.17) is 9.73 Å². The zero-order valence-corrected chi connectivity index (χ0v) is 17.8. The van der Waals surface area contributed by atoms with Gasteiger partial charge in [0, 0.05) is 34.4 Å². The van der Waals surface area contributed by atoms with Crippen molar-refractivity contribution in [2.45, 2.75) is 70.3 Å². The van der Waals surface area contributed by atoms with E-state index in [0.717, 1.165) is 56.1 Å². The lowest BCUT2D eigenvalue weighted by Gasteiger charge is -2.30. The van der Waals surface area contributed by atoms with E-state index in [9.17, 15) is 4.21 Å². The number of aliphatic imine (C=N–C) groups is 1. The lowest BCUT2D eigenvalue weighted by molar-refractivity contribution is 0.205. The lowest BCUT2D eigenvalue weighted by Crippen LogP contribution is -2.47. The normalized spacial score (nSPS) is 22.7. The minimum atomic E-state index is -0.708. The Balaban J connectivity index is 1.93. The van der Waals surface area contributed by atoms with Crippen LogP contribution in [0.3, 0.4) is 0 Å². The molecule has 1 saturated carbocycles. The Hall–Kier alpha value is -1.56. The van der Waals surface area contributed by atoms with E-state index < -0.39 is 10.8 Å². The van der Waals surface area contributed by atoms with Crippen molar-refractivity contribution in [3.05, 3.63) is 30.3 Å². The van der Waals surface area contributed by atoms with Gasteiger partial charge in [-0.3, -0.25) is 4.21 Å². The molecule has 0 aromatic heterocycles. The summed E-state index contributed by atoms with van der Waals surface area (Å²) >= 11 is 0. The maximum atomic E-state index is 12.2. The first-order valence-electron chi connectivity index (χ1n) is 10.3. The molecule has 6 heteroatoms. The van der Waals surface area contributed by atoms with E-state index in [1.807, 2.05) is 37.3 Å². The van der Waals surface area contributed by atoms with E-state index in [1.165, 1.54) is 0 Å². The standard InChI is InChI=1S/C21H35N3O2S/c1-4-18(26-19-12-8-7-9-13-19)16-23-21(22-5-2)24-17-11-10-14-20(15-17)27(25)6-3/h7-9,12-13,17-18,20H,4-6,10-11,14-16H2,1-3H3,(H2,22,23,24). The van der Waals surface area contributed by atoms with Gasteiger partial charge in [0.15, 0.2) is 5.96 Å². The summed E-state index contributed by atoms with van der Waals surface area (Å²) in [4.78, 5) is 4.76. The summed E-state index contributed by atoms with van der Waals surface area (Å²) in [5.74, 6) is 2.47. The molecule has 0 bridgehead atoms. The summed E-state index contributed by atoms with van der Waals surface area (Å²) < 4.78 is 18.2. The second-order valence-corrected chi connectivity index (χ2v) is 8.99. The molecule has 0 heterocycles. The van der Waals surface area contributed by atoms with Gasteiger partial charge in [-0.05, 0) is 44.7 Å². The van der Waals surface area contributed by atoms with Crippen LogP contribution in [0.1, 0.15) is 52.9 Å². The van der Waals surface area contributed by atoms with Crippen LogP contribution < -0.4 is 15.4 Å². The van der Waals surface area contributed by atoms with Crippen molar-refractivity contribution >= 4 is 16.8 Å². The molecule has 27 heavy (non-hydrogen) atoms. The van der Waals surface area contributed by atoms with Crippen LogP contribution in [0.2, 0.25) is 0 Å². The molecule has 0 radical (unpaired) electrons. The zero-order valence-electron chi connectivity index (χ0n) is 16.9. The van der Waals surface area contributed by atoms with Gasteiger partial charge < -0.3 is 15.4 Å². The SMILES string of the molecule is CCNC(=NCC(CC)Oc1ccccc1)NC1CCCC(S(=O)CC)C1. The van der Waals surface area contributed by atoms with Gasteiger partial charge >= 0.3 is 0 Å². The number of nitrogens with zero attached hydrogens (tertiary/aromatic N) is 1. The highest BCUT2D eigenvalue weighted by molar-refractivity contribution is 7.85. The molecule has 0 amide bonds. The third-order valence-electron chi connectivity index (χ3n) is 4.92. The average Bonchev–Trinajstić information content (AvgIpc) is 2.71. The van der Waals surface area contributed by atoms with Gasteiger partial charge in [0.2, 0.25) is 0 Å². The Morgan fingerprint density at radius 3 is 2.70 bits per heavy atom. The summed E-state index contributed by atoms with van der Waals surface area (Å²) in [6.07, 6.45) is 5.23. The summed E-state index contributed by atoms with van der Waals surface area (Å²) in [6.45, 7) is 7.63. The highest BCUT2D eigenvalue weighted by Crippen LogP contribution is 2.23. The fraction of sp³-hybridized carbons (Fsp3) is 0.667. The molecule has 1 aromatic carbocycles. The van der Waals surface area contributed by atoms with Crippen molar-refractivity contribution in [3.63, 3.8) is 0 Å². The summed E-state index contributed by atoms with van der Waals surface area (Å²) in [6, 6.07) is 10.2. The van der Waals surface area contributed by atoms with Crippen LogP contribution in [0, 0.1) is 0 Å². The van der Waals surface area contributed by atoms with Gasteiger partial charge in [0.1, 0.15) is 11.9 Å². The minimum absolute atomic E-state index is 0.0505. The van der Waals surface area contributed by atoms with Crippen LogP contribution in [0.4, 0.5) is 0 Å². The second kappa shape index (κ2) is 12.0. The number of hydrogen-bond donors (Lipinski definition) is 2. The van der Waals surface area contributed by atoms with Crippen LogP contribution in [-0.4, -0.2) is 46.4 Å². The third-order valence-corrected chi connectivity index (χ3v) is 6.66. The first-order chi connectivity index (χ1) is 13.2. The Kier molecular flexibility index (Phi) is 9.67. The molecule has 1 fully saturated rings. The molecule has 4 atom stereocenters. The van der Waals surface area contributed by atoms with E-state index in [2.05, 4.69) is 24.5 Å². The van der Waals surface area contributed by atoms with Crippen LogP contribution >= 0.6 is 0 Å². The highest BCUT2D eigenvalue weighted by Gasteiger charge is 2.26. The van der Waals surface area contributed by atoms with E-state index in [1.54, 1.807) is 0 Å². The number of para-hydroxylation sites is 1. The predicted molar refractivity (Wildman–Crippen MR) is 115 cm³/mol. The quantitative estimate of drug-likeness (QED) is 0.498. The van der Waals surface area contributed by atoms with Crippen LogP contribution in [-0.2, 0) is 10.8 Å². The number of guanidine groups is 1. The van der Waals surface area contributed by atoms with Crippen molar-refractivity contribution in [1.29, 1.82) is 0 Å². The maximum Gasteiger partial charge on any atom is 0.191 e. The number of ether oxygens (including phenoxy) is 1. The molecule has 1 aromatic rings. The average molecular weight is 394 g/mol. The van der Waals surface area contributed by atoms with Gasteiger partial charge in [-0.2, -0.15) is 0 Å². The molecule has 4 unspecified atom stereocenters. The topological polar surface area (TPSA) is 62.7 Å². The summed E-state index contributed by atoms with van der Waals surface area (Å²) in [5.41, 5.74) is 0. The van der Waals surface area contributed by atoms with E-state index in [0.29, 0.717) is 17.8 Å². The largest absolute Gasteiger partial charge is 0.489 e. The van der Waals surface area contributed by atoms with Gasteiger partial charge in [-0.1, -0.05) is 38.5 Å². The maximum absolute atomic E-state index is 12.2. The molecule has 0 spiro atoms. The number of rotatable bonds is 9. The fourth-order valence-electron chi connectivity index (χ4n) is 3.40. The first kappa shape index (κ1) is 21.7. The monoisotopic (exact) mass is 393 g/mol. The molecule has 152 valence electrons. The van der Waals surface area contributed by atoms with E-state index >= 15 is 0 Å². The van der Waals surface area contributed by atoms with Crippen molar-refractivity contribution in [3.8, 4) is 5.75 Å². The summed E-state index contributed by atoms with van der Waals surface area (Å²) in [5, 5.41) is 7.21. The Bertz CT molecular complexity index is 594. The predicted octanol–water partition coefficient (Wildman–Crippen LogP) is 3.48. The van der Waals surface area contributed by atoms with Crippen LogP contribution in [0.15, 0.2) is 35.3 Å². The highest BCUT2D eigenvalue weighted by atomic mass is 32.2. The Morgan fingerprint density at radius 2 is 2.04 bits per heavy atom. The Labute approximate surface area is 166 Å². The number of nitrogens with one attached hydrogen (secondary N) is 2. The van der Waals surface area contributed by atoms with Gasteiger partial charge in [0.25, 0.3) is 0 Å². The smallest absolute Gasteiger partial charge is 0.191 e. The molecule has 2 rings (SSSR count). The first-order valence-corrected chi connectivity index (χ1v) is 11.7. The van der Waals surface area contributed by atoms with Gasteiger partial charge in [0.05, 0.1) is 6.54 Å². The molecule has 0 aliphatic heterocycles. The zero-order chi connectivity index (χ0) is 19.5. The van der Waals surface area contributed by atoms with Crippen LogP contribution in [0.5, 0.6) is 5.75 Å². The van der Waals surface area contributed by atoms with Crippen molar-refractivity contribution < 1.29 is 8.95 Å². The van der Waals surface area contributed by atoms with Gasteiger partial charge in [-0.25, -0.2) is 4.99 Å². The summed E-state index contributed by atoms with van der Waals surface area (Å²) in [7, 11) is -0.708. The molecule has 5 nitrogen and oxygen atoms in total. The fourth-order valence-corrected chi connectivity index (χ4v) is 4.75. The molecule has 0 saturated heterocycles. The van der Waals surface area contributed by atoms with Crippen molar-refractivity contribution in [1.82, 2.24) is 10.6 Å². The molecule has 1 aliphatic rings. The van der Waals surface area contributed by atoms with Crippen LogP contribution in [0.25, 0.3) is 0 Å². The number of hydrogen-bond acceptors (Lipinski definition) is 3.